The van der Waals surface area contributed by atoms with E-state index >= 15 is 0 Å². The molecule has 2 aromatic rings. The molecule has 0 amide bonds. The number of benzene rings is 1. The third kappa shape index (κ3) is 4.82. The van der Waals surface area contributed by atoms with Gasteiger partial charge in [-0.25, -0.2) is 4.68 Å². The Morgan fingerprint density at radius 2 is 2.08 bits per heavy atom. The van der Waals surface area contributed by atoms with E-state index in [-0.39, 0.29) is 12.4 Å². The van der Waals surface area contributed by atoms with Crippen LogP contribution < -0.4 is 4.74 Å². The van der Waals surface area contributed by atoms with Gasteiger partial charge in [-0.1, -0.05) is 31.5 Å². The number of thioether (sulfide) groups is 1. The van der Waals surface area contributed by atoms with Crippen molar-refractivity contribution in [1.82, 2.24) is 20.2 Å². The predicted molar refractivity (Wildman–Crippen MR) is 98.6 cm³/mol. The number of aromatic nitrogens is 4. The average Bonchev–Trinajstić information content (AvgIpc) is 3.35. The molecular weight excluding hydrogens is 352 g/mol. The van der Waals surface area contributed by atoms with Crippen molar-refractivity contribution in [1.29, 1.82) is 0 Å². The van der Waals surface area contributed by atoms with E-state index in [1.165, 1.54) is 24.6 Å². The fourth-order valence-electron chi connectivity index (χ4n) is 3.01. The van der Waals surface area contributed by atoms with E-state index in [1.54, 1.807) is 24.3 Å². The zero-order valence-corrected chi connectivity index (χ0v) is 15.7. The van der Waals surface area contributed by atoms with Gasteiger partial charge in [0.2, 0.25) is 5.16 Å². The molecule has 0 bridgehead atoms. The Morgan fingerprint density at radius 1 is 1.35 bits per heavy atom. The minimum absolute atomic E-state index is 0.105. The summed E-state index contributed by atoms with van der Waals surface area (Å²) in [5, 5.41) is 22.8. The summed E-state index contributed by atoms with van der Waals surface area (Å²) < 4.78 is 7.49. The maximum Gasteiger partial charge on any atom is 0.209 e. The van der Waals surface area contributed by atoms with Gasteiger partial charge in [0, 0.05) is 17.7 Å². The van der Waals surface area contributed by atoms with Crippen molar-refractivity contribution < 1.29 is 14.6 Å². The molecule has 0 spiro atoms. The van der Waals surface area contributed by atoms with Gasteiger partial charge >= 0.3 is 0 Å². The van der Waals surface area contributed by atoms with Gasteiger partial charge in [-0.05, 0) is 47.5 Å². The predicted octanol–water partition coefficient (Wildman–Crippen LogP) is 2.91. The van der Waals surface area contributed by atoms with Crippen molar-refractivity contribution in [2.24, 2.45) is 0 Å². The average molecular weight is 376 g/mol. The van der Waals surface area contributed by atoms with Gasteiger partial charge in [-0.3, -0.25) is 4.79 Å². The molecule has 140 valence electrons. The van der Waals surface area contributed by atoms with Crippen molar-refractivity contribution in [3.05, 3.63) is 29.8 Å². The van der Waals surface area contributed by atoms with Crippen molar-refractivity contribution in [2.75, 3.05) is 12.4 Å². The summed E-state index contributed by atoms with van der Waals surface area (Å²) in [7, 11) is 0. The third-order valence-electron chi connectivity index (χ3n) is 4.48. The van der Waals surface area contributed by atoms with E-state index in [1.807, 2.05) is 11.6 Å². The van der Waals surface area contributed by atoms with Crippen molar-refractivity contribution in [3.63, 3.8) is 0 Å². The standard InChI is InChI=1S/C18H24N4O3S/c1-2-17(24)13-7-9-16(10-8-13)25-11-15(23)12-26-18-19-20-21-22(18)14-5-3-4-6-14/h7-10,14-15,23H,2-6,11-12H2,1H3. The fraction of sp³-hybridized carbons (Fsp3) is 0.556. The van der Waals surface area contributed by atoms with Crippen LogP contribution in [0.2, 0.25) is 0 Å². The first-order valence-corrected chi connectivity index (χ1v) is 10.0. The summed E-state index contributed by atoms with van der Waals surface area (Å²) in [6.07, 6.45) is 4.50. The Morgan fingerprint density at radius 3 is 2.77 bits per heavy atom. The van der Waals surface area contributed by atoms with Crippen LogP contribution in [0.15, 0.2) is 29.4 Å². The highest BCUT2D eigenvalue weighted by Crippen LogP contribution is 2.31. The van der Waals surface area contributed by atoms with Gasteiger partial charge < -0.3 is 9.84 Å². The van der Waals surface area contributed by atoms with Crippen LogP contribution in [0, 0.1) is 0 Å². The maximum atomic E-state index is 11.6. The largest absolute Gasteiger partial charge is 0.491 e. The molecule has 8 heteroatoms. The van der Waals surface area contributed by atoms with Crippen molar-refractivity contribution in [2.45, 2.75) is 56.3 Å². The fourth-order valence-corrected chi connectivity index (χ4v) is 3.86. The summed E-state index contributed by atoms with van der Waals surface area (Å²) in [4.78, 5) is 11.6. The lowest BCUT2D eigenvalue weighted by Gasteiger charge is -2.14. The van der Waals surface area contributed by atoms with Crippen LogP contribution in [0.3, 0.4) is 0 Å². The van der Waals surface area contributed by atoms with Crippen LogP contribution in [0.1, 0.15) is 55.4 Å². The monoisotopic (exact) mass is 376 g/mol. The normalized spacial score (nSPS) is 15.9. The van der Waals surface area contributed by atoms with Crippen molar-refractivity contribution >= 4 is 17.5 Å². The van der Waals surface area contributed by atoms with E-state index in [4.69, 9.17) is 4.74 Å². The number of carbonyl (C=O) groups excluding carboxylic acids is 1. The Labute approximate surface area is 157 Å². The zero-order valence-electron chi connectivity index (χ0n) is 14.9. The molecule has 0 radical (unpaired) electrons. The third-order valence-corrected chi connectivity index (χ3v) is 5.56. The van der Waals surface area contributed by atoms with E-state index in [0.29, 0.717) is 29.5 Å². The number of hydrogen-bond donors (Lipinski definition) is 1. The lowest BCUT2D eigenvalue weighted by Crippen LogP contribution is -2.20. The number of carbonyl (C=O) groups is 1. The molecular formula is C18H24N4O3S. The van der Waals surface area contributed by atoms with Crippen LogP contribution in [0.5, 0.6) is 5.75 Å². The number of nitrogens with zero attached hydrogens (tertiary/aromatic N) is 4. The molecule has 1 aromatic heterocycles. The summed E-state index contributed by atoms with van der Waals surface area (Å²) in [5.74, 6) is 1.20. The van der Waals surface area contributed by atoms with Gasteiger partial charge in [-0.15, -0.1) is 5.10 Å². The number of ether oxygens (including phenoxy) is 1. The Bertz CT molecular complexity index is 713. The topological polar surface area (TPSA) is 90.1 Å². The van der Waals surface area contributed by atoms with Gasteiger partial charge in [0.25, 0.3) is 0 Å². The summed E-state index contributed by atoms with van der Waals surface area (Å²) in [6, 6.07) is 7.38. The van der Waals surface area contributed by atoms with Crippen LogP contribution >= 0.6 is 11.8 Å². The smallest absolute Gasteiger partial charge is 0.209 e. The molecule has 7 nitrogen and oxygen atoms in total. The molecule has 1 aromatic carbocycles. The van der Waals surface area contributed by atoms with Gasteiger partial charge in [-0.2, -0.15) is 0 Å². The lowest BCUT2D eigenvalue weighted by atomic mass is 10.1. The molecule has 0 aliphatic heterocycles. The lowest BCUT2D eigenvalue weighted by molar-refractivity contribution is 0.0987. The van der Waals surface area contributed by atoms with E-state index in [2.05, 4.69) is 15.5 Å². The summed E-state index contributed by atoms with van der Waals surface area (Å²) >= 11 is 1.45. The van der Waals surface area contributed by atoms with E-state index in [9.17, 15) is 9.90 Å². The minimum Gasteiger partial charge on any atom is -0.491 e. The number of rotatable bonds is 9. The van der Waals surface area contributed by atoms with Crippen LogP contribution in [0.25, 0.3) is 0 Å². The van der Waals surface area contributed by atoms with Crippen LogP contribution in [0.4, 0.5) is 0 Å². The molecule has 1 fully saturated rings. The first-order chi connectivity index (χ1) is 12.7. The molecule has 1 aliphatic rings. The summed E-state index contributed by atoms with van der Waals surface area (Å²) in [5.41, 5.74) is 0.676. The molecule has 1 saturated carbocycles. The molecule has 1 N–H and O–H groups in total. The molecule has 1 heterocycles. The highest BCUT2D eigenvalue weighted by atomic mass is 32.2. The first kappa shape index (κ1) is 18.8. The van der Waals surface area contributed by atoms with Gasteiger partial charge in [0.15, 0.2) is 5.78 Å². The Kier molecular flexibility index (Phi) is 6.62. The molecule has 3 rings (SSSR count). The number of ketones is 1. The zero-order chi connectivity index (χ0) is 18.4. The molecule has 1 atom stereocenters. The highest BCUT2D eigenvalue weighted by molar-refractivity contribution is 7.99. The number of tetrazole rings is 1. The number of Topliss-reactive ketones (excluding diaryl/α,β-unsaturated/α-hetero) is 1. The number of aliphatic hydroxyl groups excluding tert-OH is 1. The van der Waals surface area contributed by atoms with Crippen LogP contribution in [-0.2, 0) is 0 Å². The van der Waals surface area contributed by atoms with Gasteiger partial charge in [0.1, 0.15) is 12.4 Å². The molecule has 26 heavy (non-hydrogen) atoms. The number of hydrogen-bond acceptors (Lipinski definition) is 7. The molecule has 1 aliphatic carbocycles. The molecule has 1 unspecified atom stereocenters. The summed E-state index contributed by atoms with van der Waals surface area (Å²) in [6.45, 7) is 2.02. The van der Waals surface area contributed by atoms with Crippen LogP contribution in [-0.4, -0.2) is 49.6 Å². The second-order valence-electron chi connectivity index (χ2n) is 6.42. The van der Waals surface area contributed by atoms with Gasteiger partial charge in [0.05, 0.1) is 12.1 Å². The SMILES string of the molecule is CCC(=O)c1ccc(OCC(O)CSc2nnnn2C2CCCC2)cc1. The maximum absolute atomic E-state index is 11.6. The number of aliphatic hydroxyl groups is 1. The van der Waals surface area contributed by atoms with E-state index < -0.39 is 6.10 Å². The minimum atomic E-state index is -0.634. The molecule has 0 saturated heterocycles. The second-order valence-corrected chi connectivity index (χ2v) is 7.41. The Hall–Kier alpha value is -1.93. The highest BCUT2D eigenvalue weighted by Gasteiger charge is 2.22. The van der Waals surface area contributed by atoms with Crippen molar-refractivity contribution in [3.8, 4) is 5.75 Å². The second kappa shape index (κ2) is 9.14. The Balaban J connectivity index is 1.45. The first-order valence-electron chi connectivity index (χ1n) is 9.02. The quantitative estimate of drug-likeness (QED) is 0.531. The van der Waals surface area contributed by atoms with E-state index in [0.717, 1.165) is 18.0 Å².